The molecule has 1 aromatic carbocycles. The van der Waals surface area contributed by atoms with Gasteiger partial charge < -0.3 is 36.6 Å². The van der Waals surface area contributed by atoms with Crippen LogP contribution in [-0.4, -0.2) is 78.0 Å². The number of carboxylic acid groups (broad SMARTS) is 2. The summed E-state index contributed by atoms with van der Waals surface area (Å²) in [6, 6.07) is 10.2. The van der Waals surface area contributed by atoms with Crippen molar-refractivity contribution in [3.63, 3.8) is 0 Å². The van der Waals surface area contributed by atoms with Crippen LogP contribution in [0.3, 0.4) is 0 Å². The van der Waals surface area contributed by atoms with Crippen molar-refractivity contribution in [3.05, 3.63) is 58.7 Å². The molecule has 2 unspecified atom stereocenters. The van der Waals surface area contributed by atoms with Gasteiger partial charge >= 0.3 is 11.1 Å². The lowest BCUT2D eigenvalue weighted by atomic mass is 10.0. The van der Waals surface area contributed by atoms with E-state index >= 15 is 0 Å². The number of oxime groups is 1. The molecule has 0 aliphatic carbocycles. The number of amides is 2. The summed E-state index contributed by atoms with van der Waals surface area (Å²) in [6.45, 7) is 2.49. The number of carbonyl (C=O) groups excluding carboxylic acids is 3. The first-order valence-electron chi connectivity index (χ1n) is 13.5. The van der Waals surface area contributed by atoms with Crippen molar-refractivity contribution < 1.29 is 38.8 Å². The Labute approximate surface area is 274 Å². The van der Waals surface area contributed by atoms with E-state index < -0.39 is 40.8 Å². The standard InChI is InChI=1S/C28H28N8O7S3/c1-28(2,25(41)42)43-34-18(16-10-31-26(30)46-16)21(37)33-19-22(38)36-20(24(39)40)14(11-44-23(19)36)12-45-27-32-17(29)9-15(35(27)3)13-7-5-4-6-8-13/h4-10,19,23,29H,11-12H2,1-3H3,(H5,30,31,33,34,37,39,40,41,42). The van der Waals surface area contributed by atoms with Crippen LogP contribution in [0.4, 0.5) is 10.9 Å². The van der Waals surface area contributed by atoms with Gasteiger partial charge in [-0.3, -0.25) is 14.5 Å². The molecule has 46 heavy (non-hydrogen) atoms. The quantitative estimate of drug-likeness (QED) is 0.0520. The maximum atomic E-state index is 13.3. The van der Waals surface area contributed by atoms with Crippen LogP contribution in [0.25, 0.3) is 11.3 Å². The average molecular weight is 685 g/mol. The molecule has 18 heteroatoms. The molecule has 6 N–H and O–H groups in total. The summed E-state index contributed by atoms with van der Waals surface area (Å²) in [7, 11) is 1.83. The summed E-state index contributed by atoms with van der Waals surface area (Å²) in [5.41, 5.74) is 11.6. The number of nitrogens with one attached hydrogen (secondary N) is 1. The van der Waals surface area contributed by atoms with Crippen molar-refractivity contribution in [2.24, 2.45) is 12.2 Å². The summed E-state index contributed by atoms with van der Waals surface area (Å²) in [4.78, 5) is 65.1. The van der Waals surface area contributed by atoms with Crippen molar-refractivity contribution in [2.75, 3.05) is 23.0 Å². The second-order valence-electron chi connectivity index (χ2n) is 10.6. The van der Waals surface area contributed by atoms with Crippen LogP contribution >= 0.6 is 34.9 Å². The van der Waals surface area contributed by atoms with Gasteiger partial charge in [-0.1, -0.05) is 46.8 Å². The maximum absolute atomic E-state index is 13.3. The van der Waals surface area contributed by atoms with E-state index in [9.17, 15) is 29.4 Å². The fourth-order valence-electron chi connectivity index (χ4n) is 4.51. The highest BCUT2D eigenvalue weighted by atomic mass is 32.2. The number of nitrogens with two attached hydrogens (primary N) is 2. The molecule has 2 aromatic heterocycles. The maximum Gasteiger partial charge on any atom is 0.362 e. The van der Waals surface area contributed by atoms with E-state index in [0.717, 1.165) is 27.5 Å². The van der Waals surface area contributed by atoms with Gasteiger partial charge in [0.25, 0.3) is 11.8 Å². The molecule has 2 aliphatic rings. The number of carbonyl (C=O) groups is 4. The van der Waals surface area contributed by atoms with Crippen molar-refractivity contribution >= 4 is 75.3 Å². The number of aliphatic carboxylic acids is 2. The number of nitrogen functional groups attached to an aromatic ring is 2. The molecule has 1 fully saturated rings. The van der Waals surface area contributed by atoms with Crippen LogP contribution in [0.5, 0.6) is 0 Å². The van der Waals surface area contributed by atoms with E-state index in [4.69, 9.17) is 16.3 Å². The van der Waals surface area contributed by atoms with E-state index in [-0.39, 0.29) is 32.9 Å². The van der Waals surface area contributed by atoms with E-state index in [1.54, 1.807) is 6.07 Å². The molecule has 1 saturated heterocycles. The Hall–Kier alpha value is -4.68. The van der Waals surface area contributed by atoms with Gasteiger partial charge in [0.2, 0.25) is 11.4 Å². The third-order valence-electron chi connectivity index (χ3n) is 6.98. The highest BCUT2D eigenvalue weighted by Gasteiger charge is 2.53. The Morgan fingerprint density at radius 1 is 1.28 bits per heavy atom. The topological polar surface area (TPSA) is 230 Å². The molecule has 0 saturated carbocycles. The average Bonchev–Trinajstić information content (AvgIpc) is 3.45. The van der Waals surface area contributed by atoms with Crippen molar-refractivity contribution in [3.8, 4) is 11.3 Å². The number of fused-ring (bicyclic) bond motifs is 1. The number of rotatable bonds is 11. The predicted octanol–water partition coefficient (Wildman–Crippen LogP) is -0.0259. The van der Waals surface area contributed by atoms with E-state index in [1.807, 2.05) is 41.9 Å². The SMILES string of the molecule is C[n+]1c(-c2ccccc2)cc(N)nc1SCC1=C(C(=O)[O-])N2C(=O)C(NC(=O)/C(=N\OC(C)(C)C(=O)O)c3cnc(N)s3)C2SC1. The number of thioether (sulfide) groups is 2. The van der Waals surface area contributed by atoms with Crippen LogP contribution in [0.1, 0.15) is 18.7 Å². The number of carboxylic acids is 2. The van der Waals surface area contributed by atoms with Gasteiger partial charge in [0.05, 0.1) is 29.7 Å². The minimum absolute atomic E-state index is 0.120. The zero-order valence-electron chi connectivity index (χ0n) is 24.6. The summed E-state index contributed by atoms with van der Waals surface area (Å²) < 4.78 is 1.85. The smallest absolute Gasteiger partial charge is 0.362 e. The predicted molar refractivity (Wildman–Crippen MR) is 169 cm³/mol. The summed E-state index contributed by atoms with van der Waals surface area (Å²) in [6.07, 6.45) is 1.26. The number of nitrogens with zero attached hydrogens (tertiary/aromatic N) is 5. The van der Waals surface area contributed by atoms with Gasteiger partial charge in [-0.15, -0.1) is 11.8 Å². The monoisotopic (exact) mass is 684 g/mol. The first-order valence-corrected chi connectivity index (χ1v) is 16.4. The molecule has 15 nitrogen and oxygen atoms in total. The number of hydrogen-bond donors (Lipinski definition) is 4. The molecule has 0 spiro atoms. The van der Waals surface area contributed by atoms with E-state index in [1.165, 1.54) is 43.6 Å². The third-order valence-corrected chi connectivity index (χ3v) is 10.3. The number of β-lactam (4-membered cyclic amide) rings is 1. The second-order valence-corrected chi connectivity index (χ2v) is 13.7. The molecular formula is C28H28N8O7S3. The fourth-order valence-corrected chi connectivity index (χ4v) is 7.65. The lowest BCUT2D eigenvalue weighted by Crippen LogP contribution is -2.71. The first kappa shape index (κ1) is 32.7. The molecule has 2 aliphatic heterocycles. The summed E-state index contributed by atoms with van der Waals surface area (Å²) in [5.74, 6) is -3.67. The zero-order chi connectivity index (χ0) is 33.3. The number of anilines is 2. The van der Waals surface area contributed by atoms with Crippen LogP contribution < -0.4 is 26.5 Å². The lowest BCUT2D eigenvalue weighted by Gasteiger charge is -2.50. The van der Waals surface area contributed by atoms with Crippen molar-refractivity contribution in [1.82, 2.24) is 20.2 Å². The van der Waals surface area contributed by atoms with Gasteiger partial charge in [-0.05, 0) is 36.2 Å². The normalized spacial score (nSPS) is 18.1. The minimum atomic E-state index is -1.77. The first-order chi connectivity index (χ1) is 21.8. The molecule has 5 rings (SSSR count). The molecule has 3 aromatic rings. The Kier molecular flexibility index (Phi) is 9.22. The Morgan fingerprint density at radius 3 is 2.63 bits per heavy atom. The van der Waals surface area contributed by atoms with Crippen molar-refractivity contribution in [2.45, 2.75) is 36.0 Å². The molecular weight excluding hydrogens is 657 g/mol. The van der Waals surface area contributed by atoms with Crippen LogP contribution in [-0.2, 0) is 31.1 Å². The van der Waals surface area contributed by atoms with Gasteiger partial charge in [0.15, 0.2) is 10.8 Å². The molecule has 2 atom stereocenters. The lowest BCUT2D eigenvalue weighted by molar-refractivity contribution is -0.702. The molecule has 2 amide bonds. The molecule has 4 heterocycles. The Bertz CT molecular complexity index is 1790. The second kappa shape index (κ2) is 13.0. The highest BCUT2D eigenvalue weighted by molar-refractivity contribution is 8.01. The van der Waals surface area contributed by atoms with Crippen LogP contribution in [0, 0.1) is 0 Å². The molecule has 240 valence electrons. The number of thiazole rings is 1. The molecule has 0 radical (unpaired) electrons. The van der Waals surface area contributed by atoms with Crippen LogP contribution in [0.15, 0.2) is 64.2 Å². The van der Waals surface area contributed by atoms with Crippen molar-refractivity contribution in [1.29, 1.82) is 0 Å². The number of hydrogen-bond acceptors (Lipinski definition) is 14. The molecule has 0 bridgehead atoms. The minimum Gasteiger partial charge on any atom is -0.543 e. The number of aromatic nitrogens is 3. The zero-order valence-corrected chi connectivity index (χ0v) is 27.1. The van der Waals surface area contributed by atoms with Gasteiger partial charge in [-0.2, -0.15) is 0 Å². The summed E-state index contributed by atoms with van der Waals surface area (Å²) in [5, 5.41) is 27.9. The third kappa shape index (κ3) is 6.49. The Morgan fingerprint density at radius 2 is 2.00 bits per heavy atom. The van der Waals surface area contributed by atoms with Gasteiger partial charge in [0, 0.05) is 23.3 Å². The van der Waals surface area contributed by atoms with Gasteiger partial charge in [0.1, 0.15) is 17.1 Å². The highest BCUT2D eigenvalue weighted by Crippen LogP contribution is 2.41. The van der Waals surface area contributed by atoms with E-state index in [0.29, 0.717) is 16.5 Å². The fraction of sp³-hybridized carbons (Fsp3) is 0.286. The summed E-state index contributed by atoms with van der Waals surface area (Å²) >= 11 is 3.44. The van der Waals surface area contributed by atoms with Gasteiger partial charge in [-0.25, -0.2) is 14.3 Å². The Balaban J connectivity index is 1.34. The largest absolute Gasteiger partial charge is 0.543 e. The van der Waals surface area contributed by atoms with Crippen LogP contribution in [0.2, 0.25) is 0 Å². The van der Waals surface area contributed by atoms with E-state index in [2.05, 4.69) is 20.4 Å². The number of benzene rings is 1.